The lowest BCUT2D eigenvalue weighted by Crippen LogP contribution is -2.29. The SMILES string of the molecule is Cc1ccc(-c2nc(CC(=O)NCCC(O)C(C)C)cs2)cc1. The lowest BCUT2D eigenvalue weighted by molar-refractivity contribution is -0.120. The number of aryl methyl sites for hydroxylation is 1. The molecule has 0 saturated heterocycles. The van der Waals surface area contributed by atoms with E-state index in [0.717, 1.165) is 16.3 Å². The Morgan fingerprint density at radius 2 is 2.00 bits per heavy atom. The van der Waals surface area contributed by atoms with Gasteiger partial charge >= 0.3 is 0 Å². The average Bonchev–Trinajstić information content (AvgIpc) is 2.96. The van der Waals surface area contributed by atoms with E-state index in [2.05, 4.69) is 29.4 Å². The molecule has 1 heterocycles. The first kappa shape index (κ1) is 17.6. The van der Waals surface area contributed by atoms with Gasteiger partial charge in [-0.15, -0.1) is 11.3 Å². The smallest absolute Gasteiger partial charge is 0.226 e. The molecule has 0 aliphatic heterocycles. The molecule has 0 fully saturated rings. The molecule has 1 aromatic heterocycles. The predicted molar refractivity (Wildman–Crippen MR) is 94.5 cm³/mol. The van der Waals surface area contributed by atoms with Gasteiger partial charge in [0.05, 0.1) is 18.2 Å². The van der Waals surface area contributed by atoms with E-state index in [1.165, 1.54) is 5.56 Å². The van der Waals surface area contributed by atoms with Gasteiger partial charge in [-0.25, -0.2) is 4.98 Å². The van der Waals surface area contributed by atoms with Gasteiger partial charge in [0.2, 0.25) is 5.91 Å². The number of hydrogen-bond donors (Lipinski definition) is 2. The van der Waals surface area contributed by atoms with Crippen molar-refractivity contribution in [1.82, 2.24) is 10.3 Å². The van der Waals surface area contributed by atoms with Crippen molar-refractivity contribution in [3.63, 3.8) is 0 Å². The second-order valence-corrected chi connectivity index (χ2v) is 6.99. The molecule has 2 rings (SSSR count). The van der Waals surface area contributed by atoms with Crippen molar-refractivity contribution in [2.75, 3.05) is 6.54 Å². The summed E-state index contributed by atoms with van der Waals surface area (Å²) in [6.07, 6.45) is 0.484. The highest BCUT2D eigenvalue weighted by Crippen LogP contribution is 2.24. The quantitative estimate of drug-likeness (QED) is 0.818. The number of aromatic nitrogens is 1. The van der Waals surface area contributed by atoms with E-state index in [1.807, 2.05) is 31.4 Å². The summed E-state index contributed by atoms with van der Waals surface area (Å²) < 4.78 is 0. The molecule has 4 nitrogen and oxygen atoms in total. The van der Waals surface area contributed by atoms with Gasteiger partial charge < -0.3 is 10.4 Å². The molecular formula is C18H24N2O2S. The number of carbonyl (C=O) groups excluding carboxylic acids is 1. The molecule has 2 aromatic rings. The molecule has 2 N–H and O–H groups in total. The van der Waals surface area contributed by atoms with Crippen LogP contribution in [0, 0.1) is 12.8 Å². The third kappa shape index (κ3) is 5.44. The van der Waals surface area contributed by atoms with Gasteiger partial charge in [0, 0.05) is 17.5 Å². The summed E-state index contributed by atoms with van der Waals surface area (Å²) in [6, 6.07) is 8.21. The van der Waals surface area contributed by atoms with E-state index in [-0.39, 0.29) is 24.3 Å². The van der Waals surface area contributed by atoms with Crippen LogP contribution in [0.15, 0.2) is 29.6 Å². The summed E-state index contributed by atoms with van der Waals surface area (Å²) in [5, 5.41) is 15.4. The first-order valence-electron chi connectivity index (χ1n) is 7.92. The highest BCUT2D eigenvalue weighted by atomic mass is 32.1. The average molecular weight is 332 g/mol. The van der Waals surface area contributed by atoms with Gasteiger partial charge in [0.15, 0.2) is 0 Å². The van der Waals surface area contributed by atoms with Crippen molar-refractivity contribution < 1.29 is 9.90 Å². The Kier molecular flexibility index (Phi) is 6.30. The number of nitrogens with zero attached hydrogens (tertiary/aromatic N) is 1. The van der Waals surface area contributed by atoms with Crippen molar-refractivity contribution in [2.24, 2.45) is 5.92 Å². The topological polar surface area (TPSA) is 62.2 Å². The number of carbonyl (C=O) groups is 1. The maximum Gasteiger partial charge on any atom is 0.226 e. The fraction of sp³-hybridized carbons (Fsp3) is 0.444. The van der Waals surface area contributed by atoms with Gasteiger partial charge in [-0.2, -0.15) is 0 Å². The minimum absolute atomic E-state index is 0.0540. The number of aliphatic hydroxyl groups is 1. The number of nitrogens with one attached hydrogen (secondary N) is 1. The van der Waals surface area contributed by atoms with Crippen molar-refractivity contribution in [3.05, 3.63) is 40.9 Å². The molecule has 1 amide bonds. The standard InChI is InChI=1S/C18H24N2O2S/c1-12(2)16(21)8-9-19-17(22)10-15-11-23-18(20-15)14-6-4-13(3)5-7-14/h4-7,11-12,16,21H,8-10H2,1-3H3,(H,19,22). The lowest BCUT2D eigenvalue weighted by atomic mass is 10.0. The molecule has 0 aliphatic carbocycles. The first-order chi connectivity index (χ1) is 11.0. The molecule has 1 aromatic carbocycles. The van der Waals surface area contributed by atoms with Gasteiger partial charge in [-0.3, -0.25) is 4.79 Å². The van der Waals surface area contributed by atoms with Crippen LogP contribution < -0.4 is 5.32 Å². The molecule has 0 saturated carbocycles. The molecule has 0 spiro atoms. The van der Waals surface area contributed by atoms with E-state index >= 15 is 0 Å². The molecule has 0 aliphatic rings. The summed E-state index contributed by atoms with van der Waals surface area (Å²) in [7, 11) is 0. The zero-order valence-corrected chi connectivity index (χ0v) is 14.7. The Hall–Kier alpha value is -1.72. The van der Waals surface area contributed by atoms with Crippen LogP contribution in [0.3, 0.4) is 0 Å². The lowest BCUT2D eigenvalue weighted by Gasteiger charge is -2.14. The molecule has 0 radical (unpaired) electrons. The summed E-state index contributed by atoms with van der Waals surface area (Å²) in [6.45, 7) is 6.48. The van der Waals surface area contributed by atoms with Crippen LogP contribution in [0.2, 0.25) is 0 Å². The number of benzene rings is 1. The Morgan fingerprint density at radius 1 is 1.30 bits per heavy atom. The zero-order chi connectivity index (χ0) is 16.8. The number of thiazole rings is 1. The Labute approximate surface area is 141 Å². The summed E-state index contributed by atoms with van der Waals surface area (Å²) in [5.41, 5.74) is 3.08. The monoisotopic (exact) mass is 332 g/mol. The second kappa shape index (κ2) is 8.22. The van der Waals surface area contributed by atoms with E-state index < -0.39 is 0 Å². The largest absolute Gasteiger partial charge is 0.393 e. The maximum absolute atomic E-state index is 11.9. The van der Waals surface area contributed by atoms with E-state index in [0.29, 0.717) is 13.0 Å². The van der Waals surface area contributed by atoms with Crippen LogP contribution in [0.1, 0.15) is 31.5 Å². The van der Waals surface area contributed by atoms with Crippen LogP contribution in [-0.4, -0.2) is 28.6 Å². The fourth-order valence-electron chi connectivity index (χ4n) is 2.14. The van der Waals surface area contributed by atoms with Gasteiger partial charge in [0.25, 0.3) is 0 Å². The third-order valence-corrected chi connectivity index (χ3v) is 4.66. The molecule has 124 valence electrons. The molecule has 1 unspecified atom stereocenters. The van der Waals surface area contributed by atoms with Crippen LogP contribution in [0.4, 0.5) is 0 Å². The van der Waals surface area contributed by atoms with Crippen LogP contribution in [0.5, 0.6) is 0 Å². The van der Waals surface area contributed by atoms with Crippen molar-refractivity contribution in [3.8, 4) is 10.6 Å². The van der Waals surface area contributed by atoms with Crippen LogP contribution in [0.25, 0.3) is 10.6 Å². The molecule has 0 bridgehead atoms. The van der Waals surface area contributed by atoms with E-state index in [1.54, 1.807) is 11.3 Å². The number of rotatable bonds is 7. The third-order valence-electron chi connectivity index (χ3n) is 3.72. The number of amides is 1. The van der Waals surface area contributed by atoms with Gasteiger partial charge in [-0.1, -0.05) is 43.7 Å². The molecule has 5 heteroatoms. The van der Waals surface area contributed by atoms with Gasteiger partial charge in [-0.05, 0) is 19.3 Å². The normalized spacial score (nSPS) is 12.4. The van der Waals surface area contributed by atoms with E-state index in [4.69, 9.17) is 0 Å². The van der Waals surface area contributed by atoms with E-state index in [9.17, 15) is 9.90 Å². The molecule has 1 atom stereocenters. The number of hydrogen-bond acceptors (Lipinski definition) is 4. The zero-order valence-electron chi connectivity index (χ0n) is 13.9. The fourth-order valence-corrected chi connectivity index (χ4v) is 2.96. The molecular weight excluding hydrogens is 308 g/mol. The summed E-state index contributed by atoms with van der Waals surface area (Å²) in [5.74, 6) is 0.157. The van der Waals surface area contributed by atoms with Crippen molar-refractivity contribution in [1.29, 1.82) is 0 Å². The Bertz CT molecular complexity index is 635. The maximum atomic E-state index is 11.9. The first-order valence-corrected chi connectivity index (χ1v) is 8.80. The predicted octanol–water partition coefficient (Wildman–Crippen LogP) is 3.18. The van der Waals surface area contributed by atoms with Crippen molar-refractivity contribution >= 4 is 17.2 Å². The highest BCUT2D eigenvalue weighted by Gasteiger charge is 2.11. The Morgan fingerprint density at radius 3 is 2.65 bits per heavy atom. The minimum atomic E-state index is -0.372. The second-order valence-electron chi connectivity index (χ2n) is 6.14. The summed E-state index contributed by atoms with van der Waals surface area (Å²) in [4.78, 5) is 16.5. The van der Waals surface area contributed by atoms with Crippen LogP contribution in [-0.2, 0) is 11.2 Å². The van der Waals surface area contributed by atoms with Crippen LogP contribution >= 0.6 is 11.3 Å². The Balaban J connectivity index is 1.84. The van der Waals surface area contributed by atoms with Gasteiger partial charge in [0.1, 0.15) is 5.01 Å². The summed E-state index contributed by atoms with van der Waals surface area (Å²) >= 11 is 1.55. The highest BCUT2D eigenvalue weighted by molar-refractivity contribution is 7.13. The minimum Gasteiger partial charge on any atom is -0.393 e. The van der Waals surface area contributed by atoms with Crippen molar-refractivity contribution in [2.45, 2.75) is 39.7 Å². The molecule has 23 heavy (non-hydrogen) atoms. The number of aliphatic hydroxyl groups excluding tert-OH is 1.